The molecule has 0 radical (unpaired) electrons. The standard InChI is InChI=1S/C16H28N4O/c1-12(2)16-18-14(9-15(21)19-16)17-10-13(3)11-20-7-5-4-6-8-20/h9,12-13H,4-8,10-11H2,1-3H3,(H2,17,18,19,21). The van der Waals surface area contributed by atoms with Crippen LogP contribution in [0.15, 0.2) is 10.9 Å². The molecular weight excluding hydrogens is 264 g/mol. The number of hydrogen-bond donors (Lipinski definition) is 2. The average Bonchev–Trinajstić information content (AvgIpc) is 2.45. The van der Waals surface area contributed by atoms with Gasteiger partial charge in [-0.1, -0.05) is 27.2 Å². The second-order valence-corrected chi connectivity index (χ2v) is 6.52. The van der Waals surface area contributed by atoms with Crippen molar-refractivity contribution in [2.24, 2.45) is 5.92 Å². The summed E-state index contributed by atoms with van der Waals surface area (Å²) in [5.41, 5.74) is -0.0834. The Balaban J connectivity index is 1.85. The molecule has 2 N–H and O–H groups in total. The highest BCUT2D eigenvalue weighted by Gasteiger charge is 2.13. The third-order valence-electron chi connectivity index (χ3n) is 3.96. The zero-order chi connectivity index (χ0) is 15.2. The second kappa shape index (κ2) is 7.59. The zero-order valence-corrected chi connectivity index (χ0v) is 13.5. The van der Waals surface area contributed by atoms with Crippen molar-refractivity contribution in [2.75, 3.05) is 31.5 Å². The lowest BCUT2D eigenvalue weighted by atomic mass is 10.1. The number of nitrogens with one attached hydrogen (secondary N) is 2. The molecule has 1 fully saturated rings. The molecule has 1 aromatic heterocycles. The fourth-order valence-electron chi connectivity index (χ4n) is 2.77. The predicted octanol–water partition coefficient (Wildman–Crippen LogP) is 2.43. The van der Waals surface area contributed by atoms with Gasteiger partial charge in [0.1, 0.15) is 11.6 Å². The van der Waals surface area contributed by atoms with Crippen LogP contribution in [0.2, 0.25) is 0 Å². The summed E-state index contributed by atoms with van der Waals surface area (Å²) in [7, 11) is 0. The number of nitrogens with zero attached hydrogens (tertiary/aromatic N) is 2. The van der Waals surface area contributed by atoms with Crippen molar-refractivity contribution in [3.8, 4) is 0 Å². The first-order valence-electron chi connectivity index (χ1n) is 8.12. The maximum absolute atomic E-state index is 11.6. The van der Waals surface area contributed by atoms with Gasteiger partial charge in [-0.15, -0.1) is 0 Å². The maximum atomic E-state index is 11.6. The van der Waals surface area contributed by atoms with E-state index < -0.39 is 0 Å². The lowest BCUT2D eigenvalue weighted by Gasteiger charge is -2.29. The number of likely N-dealkylation sites (tertiary alicyclic amines) is 1. The van der Waals surface area contributed by atoms with E-state index in [0.717, 1.165) is 18.9 Å². The van der Waals surface area contributed by atoms with Gasteiger partial charge in [-0.25, -0.2) is 4.98 Å². The number of rotatable bonds is 6. The van der Waals surface area contributed by atoms with E-state index >= 15 is 0 Å². The van der Waals surface area contributed by atoms with Gasteiger partial charge in [0.2, 0.25) is 0 Å². The summed E-state index contributed by atoms with van der Waals surface area (Å²) < 4.78 is 0. The Morgan fingerprint density at radius 2 is 2.00 bits per heavy atom. The Hall–Kier alpha value is -1.36. The van der Waals surface area contributed by atoms with Gasteiger partial charge in [0.15, 0.2) is 0 Å². The topological polar surface area (TPSA) is 61.0 Å². The third-order valence-corrected chi connectivity index (χ3v) is 3.96. The van der Waals surface area contributed by atoms with E-state index in [1.54, 1.807) is 6.07 Å². The van der Waals surface area contributed by atoms with Gasteiger partial charge in [0.25, 0.3) is 5.56 Å². The smallest absolute Gasteiger partial charge is 0.252 e. The Kier molecular flexibility index (Phi) is 5.79. The summed E-state index contributed by atoms with van der Waals surface area (Å²) in [5, 5.41) is 3.31. The third kappa shape index (κ3) is 5.16. The number of piperidine rings is 1. The van der Waals surface area contributed by atoms with Crippen LogP contribution >= 0.6 is 0 Å². The molecule has 2 heterocycles. The quantitative estimate of drug-likeness (QED) is 0.845. The summed E-state index contributed by atoms with van der Waals surface area (Å²) in [6.07, 6.45) is 4.03. The first kappa shape index (κ1) is 16.0. The summed E-state index contributed by atoms with van der Waals surface area (Å²) >= 11 is 0. The van der Waals surface area contributed by atoms with Crippen LogP contribution in [0.5, 0.6) is 0 Å². The van der Waals surface area contributed by atoms with Gasteiger partial charge >= 0.3 is 0 Å². The van der Waals surface area contributed by atoms with Crippen molar-refractivity contribution >= 4 is 5.82 Å². The van der Waals surface area contributed by atoms with Gasteiger partial charge in [-0.3, -0.25) is 4.79 Å². The van der Waals surface area contributed by atoms with Crippen molar-refractivity contribution < 1.29 is 0 Å². The van der Waals surface area contributed by atoms with Gasteiger partial charge in [-0.05, 0) is 31.8 Å². The Labute approximate surface area is 127 Å². The van der Waals surface area contributed by atoms with E-state index in [0.29, 0.717) is 11.7 Å². The number of anilines is 1. The zero-order valence-electron chi connectivity index (χ0n) is 13.5. The van der Waals surface area contributed by atoms with Gasteiger partial charge in [0.05, 0.1) is 0 Å². The number of aromatic amines is 1. The summed E-state index contributed by atoms with van der Waals surface area (Å²) in [6.45, 7) is 10.7. The molecule has 1 aliphatic heterocycles. The van der Waals surface area contributed by atoms with Gasteiger partial charge < -0.3 is 15.2 Å². The Morgan fingerprint density at radius 3 is 2.67 bits per heavy atom. The van der Waals surface area contributed by atoms with E-state index in [1.165, 1.54) is 32.4 Å². The molecule has 2 rings (SSSR count). The van der Waals surface area contributed by atoms with Gasteiger partial charge in [0, 0.05) is 25.1 Å². The highest BCUT2D eigenvalue weighted by Crippen LogP contribution is 2.12. The molecule has 0 aliphatic carbocycles. The van der Waals surface area contributed by atoms with Crippen LogP contribution in [-0.2, 0) is 0 Å². The second-order valence-electron chi connectivity index (χ2n) is 6.52. The van der Waals surface area contributed by atoms with E-state index in [1.807, 2.05) is 13.8 Å². The fourth-order valence-corrected chi connectivity index (χ4v) is 2.77. The van der Waals surface area contributed by atoms with Crippen molar-refractivity contribution in [3.63, 3.8) is 0 Å². The fraction of sp³-hybridized carbons (Fsp3) is 0.750. The van der Waals surface area contributed by atoms with E-state index in [9.17, 15) is 4.79 Å². The van der Waals surface area contributed by atoms with E-state index in [2.05, 4.69) is 27.1 Å². The average molecular weight is 292 g/mol. The summed E-state index contributed by atoms with van der Waals surface area (Å²) in [6, 6.07) is 1.54. The van der Waals surface area contributed by atoms with Crippen LogP contribution in [-0.4, -0.2) is 41.0 Å². The van der Waals surface area contributed by atoms with Crippen LogP contribution in [0.25, 0.3) is 0 Å². The van der Waals surface area contributed by atoms with Crippen LogP contribution in [0.4, 0.5) is 5.82 Å². The molecule has 0 amide bonds. The van der Waals surface area contributed by atoms with Crippen LogP contribution < -0.4 is 10.9 Å². The highest BCUT2D eigenvalue weighted by molar-refractivity contribution is 5.33. The van der Waals surface area contributed by atoms with Crippen LogP contribution in [0.3, 0.4) is 0 Å². The van der Waals surface area contributed by atoms with Crippen LogP contribution in [0, 0.1) is 5.92 Å². The molecule has 0 aromatic carbocycles. The van der Waals surface area contributed by atoms with E-state index in [4.69, 9.17) is 0 Å². The molecule has 5 heteroatoms. The van der Waals surface area contributed by atoms with Crippen molar-refractivity contribution in [1.29, 1.82) is 0 Å². The van der Waals surface area contributed by atoms with Gasteiger partial charge in [-0.2, -0.15) is 0 Å². The highest BCUT2D eigenvalue weighted by atomic mass is 16.1. The molecule has 0 bridgehead atoms. The maximum Gasteiger partial charge on any atom is 0.252 e. The molecule has 1 atom stereocenters. The molecule has 0 spiro atoms. The predicted molar refractivity (Wildman–Crippen MR) is 86.9 cm³/mol. The summed E-state index contributed by atoms with van der Waals surface area (Å²) in [4.78, 5) is 21.4. The molecule has 1 saturated heterocycles. The number of aromatic nitrogens is 2. The normalized spacial score (nSPS) is 17.9. The Morgan fingerprint density at radius 1 is 1.29 bits per heavy atom. The van der Waals surface area contributed by atoms with Crippen LogP contribution in [0.1, 0.15) is 51.8 Å². The monoisotopic (exact) mass is 292 g/mol. The SMILES string of the molecule is CC(CNc1cc(=O)[nH]c(C(C)C)n1)CN1CCCCC1. The lowest BCUT2D eigenvalue weighted by Crippen LogP contribution is -2.35. The largest absolute Gasteiger partial charge is 0.370 e. The minimum absolute atomic E-state index is 0.0834. The van der Waals surface area contributed by atoms with Crippen molar-refractivity contribution in [3.05, 3.63) is 22.2 Å². The molecule has 1 aliphatic rings. The minimum Gasteiger partial charge on any atom is -0.370 e. The Bertz CT molecular complexity index is 491. The lowest BCUT2D eigenvalue weighted by molar-refractivity contribution is 0.204. The molecule has 21 heavy (non-hydrogen) atoms. The van der Waals surface area contributed by atoms with Crippen molar-refractivity contribution in [2.45, 2.75) is 46.0 Å². The first-order valence-corrected chi connectivity index (χ1v) is 8.12. The van der Waals surface area contributed by atoms with Crippen molar-refractivity contribution in [1.82, 2.24) is 14.9 Å². The molecule has 1 unspecified atom stereocenters. The molecule has 0 saturated carbocycles. The molecule has 5 nitrogen and oxygen atoms in total. The summed E-state index contributed by atoms with van der Waals surface area (Å²) in [5.74, 6) is 2.21. The number of hydrogen-bond acceptors (Lipinski definition) is 4. The van der Waals surface area contributed by atoms with E-state index in [-0.39, 0.29) is 11.5 Å². The molecule has 118 valence electrons. The number of H-pyrrole nitrogens is 1. The first-order chi connectivity index (χ1) is 10.0. The minimum atomic E-state index is -0.0834. The molecule has 1 aromatic rings. The molecular formula is C16H28N4O.